The average Bonchev–Trinajstić information content (AvgIpc) is 3.08. The first-order valence-corrected chi connectivity index (χ1v) is 9.47. The summed E-state index contributed by atoms with van der Waals surface area (Å²) >= 11 is 0. The highest BCUT2D eigenvalue weighted by molar-refractivity contribution is 5.90. The quantitative estimate of drug-likeness (QED) is 0.713. The van der Waals surface area contributed by atoms with E-state index in [1.807, 2.05) is 37.4 Å². The molecule has 0 atom stereocenters. The van der Waals surface area contributed by atoms with Gasteiger partial charge in [-0.05, 0) is 18.4 Å². The van der Waals surface area contributed by atoms with Crippen LogP contribution >= 0.6 is 0 Å². The SMILES string of the molecule is Cn1c(-c2ccccc2)cnc1NC(=O)COCC(=O)N1CCC(C(N)=O)CC1. The maximum absolute atomic E-state index is 12.2. The molecule has 1 aromatic heterocycles. The monoisotopic (exact) mass is 399 g/mol. The highest BCUT2D eigenvalue weighted by Gasteiger charge is 2.25. The maximum atomic E-state index is 12.2. The Morgan fingerprint density at radius 3 is 2.52 bits per heavy atom. The molecule has 3 rings (SSSR count). The Bertz CT molecular complexity index is 872. The van der Waals surface area contributed by atoms with Crippen LogP contribution in [0.4, 0.5) is 5.95 Å². The Hall–Kier alpha value is -3.20. The molecule has 154 valence electrons. The lowest BCUT2D eigenvalue weighted by Gasteiger charge is -2.30. The molecule has 0 saturated carbocycles. The van der Waals surface area contributed by atoms with Gasteiger partial charge in [0.25, 0.3) is 5.91 Å². The average molecular weight is 399 g/mol. The predicted octanol–water partition coefficient (Wildman–Crippen LogP) is 0.766. The minimum absolute atomic E-state index is 0.177. The lowest BCUT2D eigenvalue weighted by molar-refractivity contribution is -0.140. The Balaban J connectivity index is 1.43. The van der Waals surface area contributed by atoms with Gasteiger partial charge in [0.05, 0.1) is 11.9 Å². The summed E-state index contributed by atoms with van der Waals surface area (Å²) in [5.74, 6) is -0.695. The lowest BCUT2D eigenvalue weighted by Crippen LogP contribution is -2.43. The third kappa shape index (κ3) is 5.20. The number of piperidine rings is 1. The zero-order chi connectivity index (χ0) is 20.8. The number of benzene rings is 1. The molecule has 1 aliphatic rings. The number of ether oxygens (including phenoxy) is 1. The number of nitrogens with zero attached hydrogens (tertiary/aromatic N) is 3. The van der Waals surface area contributed by atoms with Crippen LogP contribution in [-0.4, -0.2) is 58.5 Å². The number of imidazole rings is 1. The minimum atomic E-state index is -0.390. The van der Waals surface area contributed by atoms with Gasteiger partial charge in [0.15, 0.2) is 0 Å². The molecule has 0 unspecified atom stereocenters. The van der Waals surface area contributed by atoms with Crippen molar-refractivity contribution in [2.45, 2.75) is 12.8 Å². The van der Waals surface area contributed by atoms with E-state index in [1.54, 1.807) is 15.7 Å². The molecule has 0 bridgehead atoms. The van der Waals surface area contributed by atoms with Crippen LogP contribution in [0.15, 0.2) is 36.5 Å². The summed E-state index contributed by atoms with van der Waals surface area (Å²) in [6, 6.07) is 9.72. The zero-order valence-electron chi connectivity index (χ0n) is 16.3. The second-order valence-corrected chi connectivity index (χ2v) is 6.99. The van der Waals surface area contributed by atoms with E-state index in [-0.39, 0.29) is 30.9 Å². The smallest absolute Gasteiger partial charge is 0.252 e. The number of likely N-dealkylation sites (tertiary alicyclic amines) is 1. The fraction of sp³-hybridized carbons (Fsp3) is 0.400. The van der Waals surface area contributed by atoms with Crippen molar-refractivity contribution >= 4 is 23.7 Å². The first-order valence-electron chi connectivity index (χ1n) is 9.47. The van der Waals surface area contributed by atoms with E-state index in [2.05, 4.69) is 10.3 Å². The van der Waals surface area contributed by atoms with Crippen molar-refractivity contribution in [2.24, 2.45) is 18.7 Å². The van der Waals surface area contributed by atoms with Crippen LogP contribution in [0.3, 0.4) is 0 Å². The zero-order valence-corrected chi connectivity index (χ0v) is 16.3. The van der Waals surface area contributed by atoms with E-state index >= 15 is 0 Å². The number of nitrogens with one attached hydrogen (secondary N) is 1. The summed E-state index contributed by atoms with van der Waals surface area (Å²) < 4.78 is 7.04. The van der Waals surface area contributed by atoms with Crippen LogP contribution in [0.2, 0.25) is 0 Å². The summed E-state index contributed by atoms with van der Waals surface area (Å²) in [6.07, 6.45) is 2.81. The highest BCUT2D eigenvalue weighted by Crippen LogP contribution is 2.21. The van der Waals surface area contributed by atoms with Crippen molar-refractivity contribution in [3.05, 3.63) is 36.5 Å². The number of carbonyl (C=O) groups excluding carboxylic acids is 3. The van der Waals surface area contributed by atoms with Crippen LogP contribution in [0, 0.1) is 5.92 Å². The number of nitrogens with two attached hydrogens (primary N) is 1. The van der Waals surface area contributed by atoms with Crippen molar-refractivity contribution < 1.29 is 19.1 Å². The summed E-state index contributed by atoms with van der Waals surface area (Å²) in [6.45, 7) is 0.497. The van der Waals surface area contributed by atoms with Gasteiger partial charge in [0, 0.05) is 26.1 Å². The molecular weight excluding hydrogens is 374 g/mol. The van der Waals surface area contributed by atoms with Crippen molar-refractivity contribution in [1.29, 1.82) is 0 Å². The topological polar surface area (TPSA) is 120 Å². The molecule has 9 nitrogen and oxygen atoms in total. The number of hydrogen-bond acceptors (Lipinski definition) is 5. The van der Waals surface area contributed by atoms with Crippen molar-refractivity contribution in [3.63, 3.8) is 0 Å². The second kappa shape index (κ2) is 9.33. The molecule has 1 aromatic carbocycles. The van der Waals surface area contributed by atoms with Crippen molar-refractivity contribution in [1.82, 2.24) is 14.5 Å². The van der Waals surface area contributed by atoms with Gasteiger partial charge >= 0.3 is 0 Å². The Morgan fingerprint density at radius 2 is 1.86 bits per heavy atom. The molecule has 3 N–H and O–H groups in total. The molecule has 1 aliphatic heterocycles. The van der Waals surface area contributed by atoms with Crippen molar-refractivity contribution in [3.8, 4) is 11.3 Å². The molecule has 29 heavy (non-hydrogen) atoms. The molecule has 1 saturated heterocycles. The molecular formula is C20H25N5O4. The van der Waals surface area contributed by atoms with E-state index in [9.17, 15) is 14.4 Å². The van der Waals surface area contributed by atoms with Gasteiger partial charge in [-0.1, -0.05) is 30.3 Å². The number of anilines is 1. The van der Waals surface area contributed by atoms with E-state index in [1.165, 1.54) is 0 Å². The molecule has 1 fully saturated rings. The van der Waals surface area contributed by atoms with Crippen LogP contribution in [0.5, 0.6) is 0 Å². The van der Waals surface area contributed by atoms with Gasteiger partial charge in [-0.25, -0.2) is 4.98 Å². The number of aromatic nitrogens is 2. The fourth-order valence-corrected chi connectivity index (χ4v) is 3.30. The van der Waals surface area contributed by atoms with Crippen molar-refractivity contribution in [2.75, 3.05) is 31.6 Å². The van der Waals surface area contributed by atoms with Crippen LogP contribution in [0.25, 0.3) is 11.3 Å². The number of carbonyl (C=O) groups is 3. The molecule has 0 spiro atoms. The molecule has 3 amide bonds. The van der Waals surface area contributed by atoms with E-state index in [4.69, 9.17) is 10.5 Å². The Labute approximate surface area is 168 Å². The van der Waals surface area contributed by atoms with Crippen LogP contribution in [-0.2, 0) is 26.2 Å². The largest absolute Gasteiger partial charge is 0.369 e. The molecule has 2 heterocycles. The molecule has 9 heteroatoms. The summed E-state index contributed by atoms with van der Waals surface area (Å²) in [4.78, 5) is 41.3. The standard InChI is InChI=1S/C20H25N5O4/c1-24-16(14-5-3-2-4-6-14)11-22-20(24)23-17(26)12-29-13-18(27)25-9-7-15(8-10-25)19(21)28/h2-6,11,15H,7-10,12-13H2,1H3,(H2,21,28)(H,22,23,26). The molecule has 0 aliphatic carbocycles. The lowest BCUT2D eigenvalue weighted by atomic mass is 9.96. The van der Waals surface area contributed by atoms with Gasteiger partial charge in [0.2, 0.25) is 17.8 Å². The number of amides is 3. The van der Waals surface area contributed by atoms with Gasteiger partial charge in [0.1, 0.15) is 13.2 Å². The minimum Gasteiger partial charge on any atom is -0.369 e. The Kier molecular flexibility index (Phi) is 6.61. The highest BCUT2D eigenvalue weighted by atomic mass is 16.5. The van der Waals surface area contributed by atoms with E-state index < -0.39 is 5.91 Å². The molecule has 0 radical (unpaired) electrons. The van der Waals surface area contributed by atoms with Gasteiger partial charge in [-0.15, -0.1) is 0 Å². The first kappa shape index (κ1) is 20.5. The van der Waals surface area contributed by atoms with Gasteiger partial charge < -0.3 is 19.9 Å². The molecule has 2 aromatic rings. The maximum Gasteiger partial charge on any atom is 0.252 e. The predicted molar refractivity (Wildman–Crippen MR) is 107 cm³/mol. The third-order valence-electron chi connectivity index (χ3n) is 5.02. The van der Waals surface area contributed by atoms with Crippen LogP contribution < -0.4 is 11.1 Å². The second-order valence-electron chi connectivity index (χ2n) is 6.99. The van der Waals surface area contributed by atoms with E-state index in [0.29, 0.717) is 31.9 Å². The van der Waals surface area contributed by atoms with Gasteiger partial charge in [-0.2, -0.15) is 0 Å². The first-order chi connectivity index (χ1) is 14.0. The fourth-order valence-electron chi connectivity index (χ4n) is 3.30. The number of primary amides is 1. The number of hydrogen-bond donors (Lipinski definition) is 2. The van der Waals surface area contributed by atoms with Gasteiger partial charge in [-0.3, -0.25) is 19.7 Å². The summed E-state index contributed by atoms with van der Waals surface area (Å²) in [5, 5.41) is 2.68. The normalized spacial score (nSPS) is 14.6. The number of rotatable bonds is 7. The summed E-state index contributed by atoms with van der Waals surface area (Å²) in [5.41, 5.74) is 7.15. The van der Waals surface area contributed by atoms with E-state index in [0.717, 1.165) is 11.3 Å². The summed E-state index contributed by atoms with van der Waals surface area (Å²) in [7, 11) is 1.81. The Morgan fingerprint density at radius 1 is 1.17 bits per heavy atom. The third-order valence-corrected chi connectivity index (χ3v) is 5.02. The van der Waals surface area contributed by atoms with Crippen LogP contribution in [0.1, 0.15) is 12.8 Å².